The Morgan fingerprint density at radius 2 is 2.50 bits per heavy atom. The molecule has 0 N–H and O–H groups in total. The summed E-state index contributed by atoms with van der Waals surface area (Å²) in [4.78, 5) is 9.21. The van der Waals surface area contributed by atoms with E-state index in [1.54, 1.807) is 0 Å². The van der Waals surface area contributed by atoms with Crippen molar-refractivity contribution in [1.29, 1.82) is 0 Å². The molecule has 0 aliphatic carbocycles. The molecule has 2 nitrogen and oxygen atoms in total. The Kier molecular flexibility index (Phi) is 1.08. The van der Waals surface area contributed by atoms with Crippen LogP contribution in [0.4, 0.5) is 0 Å². The molecule has 6 heavy (non-hydrogen) atoms. The zero-order valence-corrected chi connectivity index (χ0v) is 3.81. The van der Waals surface area contributed by atoms with Gasteiger partial charge in [-0.15, -0.1) is 0 Å². The molecule has 0 aromatic rings. The summed E-state index contributed by atoms with van der Waals surface area (Å²) < 4.78 is 0. The Morgan fingerprint density at radius 1 is 1.67 bits per heavy atom. The number of hydrogen-bond acceptors (Lipinski definition) is 2. The number of rotatable bonds is 0. The highest BCUT2D eigenvalue weighted by Crippen LogP contribution is 2.05. The van der Waals surface area contributed by atoms with Crippen LogP contribution in [0.5, 0.6) is 0 Å². The van der Waals surface area contributed by atoms with E-state index in [2.05, 4.69) is 9.78 Å². The van der Waals surface area contributed by atoms with Gasteiger partial charge in [-0.2, -0.15) is 0 Å². The second kappa shape index (κ2) is 1.58. The highest BCUT2D eigenvalue weighted by molar-refractivity contribution is 4.48. The molecule has 1 aliphatic heterocycles. The molecule has 1 rings (SSSR count). The van der Waals surface area contributed by atoms with E-state index in [9.17, 15) is 0 Å². The molecule has 0 spiro atoms. The van der Waals surface area contributed by atoms with Gasteiger partial charge in [0, 0.05) is 6.42 Å². The molecule has 1 heterocycles. The van der Waals surface area contributed by atoms with Crippen molar-refractivity contribution < 1.29 is 9.78 Å². The van der Waals surface area contributed by atoms with Gasteiger partial charge in [-0.25, -0.2) is 9.78 Å². The van der Waals surface area contributed by atoms with E-state index in [-0.39, 0.29) is 0 Å². The van der Waals surface area contributed by atoms with Gasteiger partial charge in [-0.1, -0.05) is 0 Å². The minimum atomic E-state index is 0.324. The monoisotopic (exact) mass is 88.1 g/mol. The Bertz CT molecular complexity index is 38.8. The molecule has 1 unspecified atom stereocenters. The SMILES string of the molecule is CC1CCOO1. The van der Waals surface area contributed by atoms with Crippen molar-refractivity contribution >= 4 is 0 Å². The van der Waals surface area contributed by atoms with E-state index >= 15 is 0 Å². The van der Waals surface area contributed by atoms with Crippen molar-refractivity contribution in [3.05, 3.63) is 0 Å². The quantitative estimate of drug-likeness (QED) is 0.406. The van der Waals surface area contributed by atoms with E-state index in [0.717, 1.165) is 13.0 Å². The normalized spacial score (nSPS) is 34.5. The first-order valence-corrected chi connectivity index (χ1v) is 2.18. The van der Waals surface area contributed by atoms with Crippen LogP contribution < -0.4 is 0 Å². The maximum atomic E-state index is 4.65. The van der Waals surface area contributed by atoms with Gasteiger partial charge >= 0.3 is 0 Å². The van der Waals surface area contributed by atoms with Crippen molar-refractivity contribution in [2.24, 2.45) is 0 Å². The summed E-state index contributed by atoms with van der Waals surface area (Å²) in [5.41, 5.74) is 0. The van der Waals surface area contributed by atoms with Gasteiger partial charge in [-0.3, -0.25) is 0 Å². The van der Waals surface area contributed by atoms with Gasteiger partial charge in [0.2, 0.25) is 0 Å². The molecule has 0 bridgehead atoms. The fraction of sp³-hybridized carbons (Fsp3) is 1.00. The highest BCUT2D eigenvalue weighted by atomic mass is 17.2. The van der Waals surface area contributed by atoms with Crippen LogP contribution in [0.2, 0.25) is 0 Å². The molecule has 0 amide bonds. The summed E-state index contributed by atoms with van der Waals surface area (Å²) in [6.07, 6.45) is 1.37. The van der Waals surface area contributed by atoms with Gasteiger partial charge in [-0.05, 0) is 6.92 Å². The van der Waals surface area contributed by atoms with E-state index < -0.39 is 0 Å². The van der Waals surface area contributed by atoms with E-state index in [4.69, 9.17) is 0 Å². The van der Waals surface area contributed by atoms with Crippen LogP contribution in [-0.4, -0.2) is 12.7 Å². The lowest BCUT2D eigenvalue weighted by Gasteiger charge is -1.90. The summed E-state index contributed by atoms with van der Waals surface area (Å²) in [7, 11) is 0. The standard InChI is InChI=1S/C4H8O2/c1-4-2-3-5-6-4/h4H,2-3H2,1H3. The Balaban J connectivity index is 2.18. The molecular formula is C4H8O2. The summed E-state index contributed by atoms with van der Waals surface area (Å²) >= 11 is 0. The Labute approximate surface area is 37.0 Å². The minimum absolute atomic E-state index is 0.324. The molecule has 0 saturated carbocycles. The molecule has 1 aliphatic rings. The molecule has 0 aromatic carbocycles. The second-order valence-corrected chi connectivity index (χ2v) is 1.52. The smallest absolute Gasteiger partial charge is 0.0925 e. The third-order valence-electron chi connectivity index (χ3n) is 0.840. The van der Waals surface area contributed by atoms with Crippen LogP contribution in [0.25, 0.3) is 0 Å². The summed E-state index contributed by atoms with van der Waals surface area (Å²) in [5.74, 6) is 0. The zero-order valence-electron chi connectivity index (χ0n) is 3.81. The molecule has 36 valence electrons. The number of hydrogen-bond donors (Lipinski definition) is 0. The maximum absolute atomic E-state index is 4.65. The first-order valence-electron chi connectivity index (χ1n) is 2.18. The van der Waals surface area contributed by atoms with Crippen LogP contribution in [-0.2, 0) is 9.78 Å². The first-order chi connectivity index (χ1) is 2.89. The summed E-state index contributed by atoms with van der Waals surface area (Å²) in [6.45, 7) is 2.76. The largest absolute Gasteiger partial charge is 0.236 e. The lowest BCUT2D eigenvalue weighted by molar-refractivity contribution is -0.270. The van der Waals surface area contributed by atoms with Crippen LogP contribution >= 0.6 is 0 Å². The fourth-order valence-electron chi connectivity index (χ4n) is 0.426. The average molecular weight is 88.1 g/mol. The van der Waals surface area contributed by atoms with Crippen LogP contribution in [0.15, 0.2) is 0 Å². The molecular weight excluding hydrogens is 80.0 g/mol. The van der Waals surface area contributed by atoms with Gasteiger partial charge in [0.25, 0.3) is 0 Å². The topological polar surface area (TPSA) is 18.5 Å². The van der Waals surface area contributed by atoms with Crippen molar-refractivity contribution in [3.63, 3.8) is 0 Å². The molecule has 2 heteroatoms. The van der Waals surface area contributed by atoms with Crippen molar-refractivity contribution in [1.82, 2.24) is 0 Å². The minimum Gasteiger partial charge on any atom is -0.236 e. The Hall–Kier alpha value is -0.0800. The average Bonchev–Trinajstić information content (AvgIpc) is 1.86. The molecule has 1 atom stereocenters. The Morgan fingerprint density at radius 3 is 2.67 bits per heavy atom. The van der Waals surface area contributed by atoms with Crippen molar-refractivity contribution in [3.8, 4) is 0 Å². The predicted molar refractivity (Wildman–Crippen MR) is 21.1 cm³/mol. The lowest BCUT2D eigenvalue weighted by atomic mass is 10.3. The van der Waals surface area contributed by atoms with Crippen LogP contribution in [0.3, 0.4) is 0 Å². The zero-order chi connectivity index (χ0) is 4.41. The molecule has 0 aromatic heterocycles. The third-order valence-corrected chi connectivity index (χ3v) is 0.840. The van der Waals surface area contributed by atoms with Gasteiger partial charge in [0.05, 0.1) is 12.7 Å². The molecule has 0 radical (unpaired) electrons. The van der Waals surface area contributed by atoms with Gasteiger partial charge in [0.15, 0.2) is 0 Å². The summed E-state index contributed by atoms with van der Waals surface area (Å²) in [6, 6.07) is 0. The maximum Gasteiger partial charge on any atom is 0.0925 e. The van der Waals surface area contributed by atoms with E-state index in [1.807, 2.05) is 6.92 Å². The van der Waals surface area contributed by atoms with Gasteiger partial charge < -0.3 is 0 Å². The second-order valence-electron chi connectivity index (χ2n) is 1.52. The van der Waals surface area contributed by atoms with Crippen molar-refractivity contribution in [2.45, 2.75) is 19.4 Å². The van der Waals surface area contributed by atoms with Crippen LogP contribution in [0, 0.1) is 0 Å². The highest BCUT2D eigenvalue weighted by Gasteiger charge is 2.09. The van der Waals surface area contributed by atoms with Crippen molar-refractivity contribution in [2.75, 3.05) is 6.61 Å². The summed E-state index contributed by atoms with van der Waals surface area (Å²) in [5, 5.41) is 0. The fourth-order valence-corrected chi connectivity index (χ4v) is 0.426. The van der Waals surface area contributed by atoms with Gasteiger partial charge in [0.1, 0.15) is 0 Å². The predicted octanol–water partition coefficient (Wildman–Crippen LogP) is 0.727. The van der Waals surface area contributed by atoms with E-state index in [1.165, 1.54) is 0 Å². The van der Waals surface area contributed by atoms with Crippen LogP contribution in [0.1, 0.15) is 13.3 Å². The molecule has 1 saturated heterocycles. The molecule has 1 fully saturated rings. The first kappa shape index (κ1) is 4.09. The third kappa shape index (κ3) is 0.698. The lowest BCUT2D eigenvalue weighted by Crippen LogP contribution is -1.93. The van der Waals surface area contributed by atoms with E-state index in [0.29, 0.717) is 6.10 Å².